The summed E-state index contributed by atoms with van der Waals surface area (Å²) in [5, 5.41) is 0. The van der Waals surface area contributed by atoms with Gasteiger partial charge < -0.3 is 4.74 Å². The van der Waals surface area contributed by atoms with Crippen molar-refractivity contribution in [1.29, 1.82) is 0 Å². The third-order valence-electron chi connectivity index (χ3n) is 1.19. The quantitative estimate of drug-likeness (QED) is 0.283. The van der Waals surface area contributed by atoms with Gasteiger partial charge in [0.25, 0.3) is 0 Å². The zero-order valence-electron chi connectivity index (χ0n) is 7.82. The molecule has 6 nitrogen and oxygen atoms in total. The number of hydrogen-bond acceptors (Lipinski definition) is 4. The Morgan fingerprint density at radius 1 is 1.57 bits per heavy atom. The van der Waals surface area contributed by atoms with Gasteiger partial charge in [-0.1, -0.05) is 6.58 Å². The number of carbonyl (C=O) groups is 1. The van der Waals surface area contributed by atoms with E-state index in [2.05, 4.69) is 11.3 Å². The second-order valence-electron chi connectivity index (χ2n) is 2.64. The molecule has 2 N–H and O–H groups in total. The Hall–Kier alpha value is -0.920. The molecule has 0 aliphatic heterocycles. The summed E-state index contributed by atoms with van der Waals surface area (Å²) in [5.74, 6) is -0.517. The average Bonchev–Trinajstić information content (AvgIpc) is 2.01. The molecular weight excluding hydrogens is 210 g/mol. The van der Waals surface area contributed by atoms with Gasteiger partial charge in [0.1, 0.15) is 0 Å². The molecule has 0 heterocycles. The second kappa shape index (κ2) is 5.74. The van der Waals surface area contributed by atoms with Crippen molar-refractivity contribution in [2.45, 2.75) is 13.3 Å². The van der Waals surface area contributed by atoms with E-state index in [1.165, 1.54) is 6.92 Å². The van der Waals surface area contributed by atoms with Crippen LogP contribution >= 0.6 is 0 Å². The van der Waals surface area contributed by atoms with E-state index in [-0.39, 0.29) is 18.7 Å². The van der Waals surface area contributed by atoms with Crippen molar-refractivity contribution in [3.8, 4) is 0 Å². The third kappa shape index (κ3) is 7.71. The minimum absolute atomic E-state index is 0.0162. The maximum absolute atomic E-state index is 10.8. The zero-order valence-corrected chi connectivity index (χ0v) is 8.63. The monoisotopic (exact) mass is 223 g/mol. The molecule has 0 rings (SSSR count). The zero-order chi connectivity index (χ0) is 11.2. The maximum atomic E-state index is 10.8. The summed E-state index contributed by atoms with van der Waals surface area (Å²) in [4.78, 5) is 10.8. The van der Waals surface area contributed by atoms with E-state index < -0.39 is 16.3 Å². The Kier molecular flexibility index (Phi) is 5.36. The van der Waals surface area contributed by atoms with Crippen LogP contribution in [0.1, 0.15) is 13.3 Å². The molecule has 0 radical (unpaired) electrons. The Labute approximate surface area is 82.8 Å². The van der Waals surface area contributed by atoms with Crippen LogP contribution in [0.4, 0.5) is 0 Å². The van der Waals surface area contributed by atoms with Crippen molar-refractivity contribution in [3.05, 3.63) is 12.2 Å². The minimum Gasteiger partial charge on any atom is -0.462 e. The minimum atomic E-state index is -4.15. The number of rotatable bonds is 6. The highest BCUT2D eigenvalue weighted by Gasteiger charge is 2.04. The highest BCUT2D eigenvalue weighted by Crippen LogP contribution is 1.92. The average molecular weight is 223 g/mol. The van der Waals surface area contributed by atoms with Crippen molar-refractivity contribution in [2.24, 2.45) is 0 Å². The summed E-state index contributed by atoms with van der Waals surface area (Å²) in [7, 11) is -4.15. The van der Waals surface area contributed by atoms with E-state index in [0.717, 1.165) is 0 Å². The Morgan fingerprint density at radius 3 is 2.57 bits per heavy atom. The summed E-state index contributed by atoms with van der Waals surface area (Å²) < 4.78 is 35.1. The number of nitrogens with one attached hydrogen (secondary N) is 1. The summed E-state index contributed by atoms with van der Waals surface area (Å²) in [6.07, 6.45) is 0.290. The fraction of sp³-hybridized carbons (Fsp3) is 0.571. The summed E-state index contributed by atoms with van der Waals surface area (Å²) >= 11 is 0. The van der Waals surface area contributed by atoms with Gasteiger partial charge in [0, 0.05) is 12.1 Å². The van der Waals surface area contributed by atoms with Gasteiger partial charge in [0.05, 0.1) is 6.61 Å². The molecule has 0 atom stereocenters. The smallest absolute Gasteiger partial charge is 0.333 e. The molecule has 0 spiro atoms. The molecule has 0 fully saturated rings. The van der Waals surface area contributed by atoms with E-state index >= 15 is 0 Å². The van der Waals surface area contributed by atoms with E-state index in [4.69, 9.17) is 4.55 Å². The summed E-state index contributed by atoms with van der Waals surface area (Å²) in [6, 6.07) is 0. The lowest BCUT2D eigenvalue weighted by Crippen LogP contribution is -2.24. The molecule has 0 bridgehead atoms. The van der Waals surface area contributed by atoms with Crippen molar-refractivity contribution in [3.63, 3.8) is 0 Å². The number of esters is 1. The normalized spacial score (nSPS) is 11.0. The highest BCUT2D eigenvalue weighted by molar-refractivity contribution is 7.83. The molecule has 0 aromatic carbocycles. The van der Waals surface area contributed by atoms with Crippen LogP contribution in [0.15, 0.2) is 12.2 Å². The lowest BCUT2D eigenvalue weighted by Gasteiger charge is -2.03. The molecule has 0 saturated carbocycles. The van der Waals surface area contributed by atoms with Gasteiger partial charge in [0.2, 0.25) is 0 Å². The predicted molar refractivity (Wildman–Crippen MR) is 49.9 cm³/mol. The standard InChI is InChI=1S/C7H13NO5S/c1-6(2)7(9)13-5-3-4-8-14(10,11)12/h8H,1,3-5H2,2H3,(H,10,11,12). The van der Waals surface area contributed by atoms with E-state index in [1.807, 2.05) is 4.72 Å². The van der Waals surface area contributed by atoms with Crippen LogP contribution in [0.3, 0.4) is 0 Å². The fourth-order valence-corrected chi connectivity index (χ4v) is 0.964. The Bertz CT molecular complexity index is 308. The molecule has 0 aromatic rings. The first kappa shape index (κ1) is 13.1. The predicted octanol–water partition coefficient (Wildman–Crippen LogP) is -0.112. The number of hydrogen-bond donors (Lipinski definition) is 2. The molecule has 0 unspecified atom stereocenters. The van der Waals surface area contributed by atoms with Crippen molar-refractivity contribution in [2.75, 3.05) is 13.2 Å². The molecular formula is C7H13NO5S. The Morgan fingerprint density at radius 2 is 2.14 bits per heavy atom. The molecule has 14 heavy (non-hydrogen) atoms. The van der Waals surface area contributed by atoms with Gasteiger partial charge in [-0.15, -0.1) is 0 Å². The fourth-order valence-electron chi connectivity index (χ4n) is 0.561. The van der Waals surface area contributed by atoms with Crippen LogP contribution in [0.25, 0.3) is 0 Å². The topological polar surface area (TPSA) is 92.7 Å². The van der Waals surface area contributed by atoms with Crippen LogP contribution in [-0.2, 0) is 19.8 Å². The van der Waals surface area contributed by atoms with Gasteiger partial charge >= 0.3 is 16.3 Å². The number of ether oxygens (including phenoxy) is 1. The molecule has 0 saturated heterocycles. The van der Waals surface area contributed by atoms with Crippen LogP contribution in [0, 0.1) is 0 Å². The van der Waals surface area contributed by atoms with Crippen LogP contribution < -0.4 is 4.72 Å². The van der Waals surface area contributed by atoms with Gasteiger partial charge in [0.15, 0.2) is 0 Å². The third-order valence-corrected chi connectivity index (χ3v) is 1.76. The molecule has 0 amide bonds. The lowest BCUT2D eigenvalue weighted by atomic mass is 10.4. The van der Waals surface area contributed by atoms with Crippen molar-refractivity contribution >= 4 is 16.3 Å². The Balaban J connectivity index is 3.49. The molecule has 0 aromatic heterocycles. The van der Waals surface area contributed by atoms with Crippen molar-refractivity contribution < 1.29 is 22.5 Å². The summed E-state index contributed by atoms with van der Waals surface area (Å²) in [6.45, 7) is 4.97. The van der Waals surface area contributed by atoms with Gasteiger partial charge in [-0.3, -0.25) is 4.55 Å². The van der Waals surface area contributed by atoms with E-state index in [0.29, 0.717) is 6.42 Å². The van der Waals surface area contributed by atoms with Crippen LogP contribution in [0.2, 0.25) is 0 Å². The lowest BCUT2D eigenvalue weighted by molar-refractivity contribution is -0.138. The number of carbonyl (C=O) groups excluding carboxylic acids is 1. The molecule has 82 valence electrons. The highest BCUT2D eigenvalue weighted by atomic mass is 32.2. The maximum Gasteiger partial charge on any atom is 0.333 e. The first-order valence-corrected chi connectivity index (χ1v) is 5.31. The van der Waals surface area contributed by atoms with Gasteiger partial charge in [-0.05, 0) is 13.3 Å². The van der Waals surface area contributed by atoms with Crippen LogP contribution in [0.5, 0.6) is 0 Å². The summed E-state index contributed by atoms with van der Waals surface area (Å²) in [5.41, 5.74) is 0.285. The largest absolute Gasteiger partial charge is 0.462 e. The van der Waals surface area contributed by atoms with Gasteiger partial charge in [-0.25, -0.2) is 4.79 Å². The van der Waals surface area contributed by atoms with E-state index in [1.54, 1.807) is 0 Å². The first-order valence-electron chi connectivity index (χ1n) is 3.87. The van der Waals surface area contributed by atoms with Gasteiger partial charge in [-0.2, -0.15) is 13.1 Å². The van der Waals surface area contributed by atoms with Crippen LogP contribution in [-0.4, -0.2) is 32.1 Å². The SMILES string of the molecule is C=C(C)C(=O)OCCCNS(=O)(=O)O. The molecule has 7 heteroatoms. The van der Waals surface area contributed by atoms with Crippen molar-refractivity contribution in [1.82, 2.24) is 4.72 Å². The first-order chi connectivity index (χ1) is 6.33. The second-order valence-corrected chi connectivity index (χ2v) is 3.88. The molecule has 0 aliphatic carbocycles. The molecule has 0 aliphatic rings. The van der Waals surface area contributed by atoms with E-state index in [9.17, 15) is 13.2 Å².